The summed E-state index contributed by atoms with van der Waals surface area (Å²) in [7, 11) is 0. The standard InChI is InChI=1S/C12H20N2OS/c1-4-6-14(12(15)13-10(2)3)8-11-5-7-16-9-11/h5,7,9-10H,4,6,8H2,1-3H3,(H,13,15). The summed E-state index contributed by atoms with van der Waals surface area (Å²) >= 11 is 1.67. The van der Waals surface area contributed by atoms with Gasteiger partial charge in [-0.3, -0.25) is 0 Å². The van der Waals surface area contributed by atoms with Gasteiger partial charge in [0, 0.05) is 19.1 Å². The number of carbonyl (C=O) groups is 1. The number of nitrogens with one attached hydrogen (secondary N) is 1. The van der Waals surface area contributed by atoms with Gasteiger partial charge in [-0.15, -0.1) is 0 Å². The van der Waals surface area contributed by atoms with Gasteiger partial charge in [-0.1, -0.05) is 6.92 Å². The number of carbonyl (C=O) groups excluding carboxylic acids is 1. The molecule has 16 heavy (non-hydrogen) atoms. The van der Waals surface area contributed by atoms with Gasteiger partial charge in [0.2, 0.25) is 0 Å². The van der Waals surface area contributed by atoms with Crippen molar-refractivity contribution in [2.24, 2.45) is 0 Å². The molecule has 0 aromatic carbocycles. The van der Waals surface area contributed by atoms with E-state index in [0.717, 1.165) is 13.0 Å². The van der Waals surface area contributed by atoms with Gasteiger partial charge in [-0.05, 0) is 42.7 Å². The third-order valence-electron chi connectivity index (χ3n) is 2.15. The fourth-order valence-corrected chi connectivity index (χ4v) is 2.12. The number of thiophene rings is 1. The van der Waals surface area contributed by atoms with E-state index in [4.69, 9.17) is 0 Å². The molecule has 4 heteroatoms. The molecule has 3 nitrogen and oxygen atoms in total. The highest BCUT2D eigenvalue weighted by atomic mass is 32.1. The van der Waals surface area contributed by atoms with Crippen LogP contribution in [0.1, 0.15) is 32.8 Å². The van der Waals surface area contributed by atoms with Crippen LogP contribution in [0.3, 0.4) is 0 Å². The van der Waals surface area contributed by atoms with Crippen LogP contribution in [0.15, 0.2) is 16.8 Å². The van der Waals surface area contributed by atoms with E-state index in [1.807, 2.05) is 24.1 Å². The second kappa shape index (κ2) is 6.53. The van der Waals surface area contributed by atoms with Gasteiger partial charge in [0.15, 0.2) is 0 Å². The second-order valence-electron chi connectivity index (χ2n) is 4.16. The first-order valence-electron chi connectivity index (χ1n) is 5.70. The highest BCUT2D eigenvalue weighted by molar-refractivity contribution is 7.07. The Labute approximate surface area is 101 Å². The molecule has 0 atom stereocenters. The van der Waals surface area contributed by atoms with Gasteiger partial charge in [0.1, 0.15) is 0 Å². The highest BCUT2D eigenvalue weighted by Gasteiger charge is 2.13. The molecule has 1 heterocycles. The fourth-order valence-electron chi connectivity index (χ4n) is 1.46. The molecular weight excluding hydrogens is 220 g/mol. The third-order valence-corrected chi connectivity index (χ3v) is 2.88. The lowest BCUT2D eigenvalue weighted by Crippen LogP contribution is -2.42. The molecule has 2 amide bonds. The topological polar surface area (TPSA) is 32.3 Å². The van der Waals surface area contributed by atoms with Gasteiger partial charge < -0.3 is 10.2 Å². The number of hydrogen-bond donors (Lipinski definition) is 1. The SMILES string of the molecule is CCCN(Cc1ccsc1)C(=O)NC(C)C. The van der Waals surface area contributed by atoms with Crippen molar-refractivity contribution in [1.82, 2.24) is 10.2 Å². The van der Waals surface area contributed by atoms with Crippen molar-refractivity contribution in [3.8, 4) is 0 Å². The van der Waals surface area contributed by atoms with Crippen LogP contribution >= 0.6 is 11.3 Å². The molecule has 0 aliphatic heterocycles. The summed E-state index contributed by atoms with van der Waals surface area (Å²) in [4.78, 5) is 13.8. The van der Waals surface area contributed by atoms with Crippen LogP contribution in [0.5, 0.6) is 0 Å². The minimum absolute atomic E-state index is 0.0306. The van der Waals surface area contributed by atoms with E-state index in [1.54, 1.807) is 11.3 Å². The Kier molecular flexibility index (Phi) is 5.32. The Balaban J connectivity index is 2.56. The van der Waals surface area contributed by atoms with Crippen LogP contribution in [-0.2, 0) is 6.54 Å². The summed E-state index contributed by atoms with van der Waals surface area (Å²) < 4.78 is 0. The van der Waals surface area contributed by atoms with E-state index >= 15 is 0 Å². The first-order valence-corrected chi connectivity index (χ1v) is 6.64. The summed E-state index contributed by atoms with van der Waals surface area (Å²) in [6, 6.07) is 2.29. The minimum Gasteiger partial charge on any atom is -0.336 e. The maximum Gasteiger partial charge on any atom is 0.317 e. The maximum absolute atomic E-state index is 11.9. The van der Waals surface area contributed by atoms with Crippen molar-refractivity contribution < 1.29 is 4.79 Å². The van der Waals surface area contributed by atoms with Crippen LogP contribution in [0.4, 0.5) is 4.79 Å². The van der Waals surface area contributed by atoms with E-state index in [9.17, 15) is 4.79 Å². The molecule has 1 aromatic heterocycles. The molecular formula is C12H20N2OS. The molecule has 1 aromatic rings. The molecule has 0 saturated carbocycles. The first-order chi connectivity index (χ1) is 7.63. The van der Waals surface area contributed by atoms with Gasteiger partial charge in [-0.2, -0.15) is 11.3 Å². The summed E-state index contributed by atoms with van der Waals surface area (Å²) in [6.45, 7) is 7.55. The molecule has 0 bridgehead atoms. The molecule has 0 spiro atoms. The number of rotatable bonds is 5. The van der Waals surface area contributed by atoms with Crippen LogP contribution in [0.2, 0.25) is 0 Å². The molecule has 0 aliphatic carbocycles. The lowest BCUT2D eigenvalue weighted by atomic mass is 10.3. The molecule has 0 radical (unpaired) electrons. The largest absolute Gasteiger partial charge is 0.336 e. The second-order valence-corrected chi connectivity index (χ2v) is 4.94. The summed E-state index contributed by atoms with van der Waals surface area (Å²) in [5.74, 6) is 0. The van der Waals surface area contributed by atoms with E-state index in [-0.39, 0.29) is 12.1 Å². The van der Waals surface area contributed by atoms with Crippen LogP contribution in [0, 0.1) is 0 Å². The quantitative estimate of drug-likeness (QED) is 0.843. The van der Waals surface area contributed by atoms with E-state index in [0.29, 0.717) is 6.54 Å². The number of nitrogens with zero attached hydrogens (tertiary/aromatic N) is 1. The summed E-state index contributed by atoms with van der Waals surface area (Å²) in [5, 5.41) is 7.06. The number of hydrogen-bond acceptors (Lipinski definition) is 2. The van der Waals surface area contributed by atoms with Crippen molar-refractivity contribution >= 4 is 17.4 Å². The molecule has 0 saturated heterocycles. The Bertz CT molecular complexity index is 309. The van der Waals surface area contributed by atoms with Crippen molar-refractivity contribution in [3.05, 3.63) is 22.4 Å². The van der Waals surface area contributed by atoms with E-state index in [2.05, 4.69) is 23.7 Å². The zero-order valence-corrected chi connectivity index (χ0v) is 11.0. The van der Waals surface area contributed by atoms with E-state index in [1.165, 1.54) is 5.56 Å². The molecule has 0 fully saturated rings. The van der Waals surface area contributed by atoms with E-state index < -0.39 is 0 Å². The van der Waals surface area contributed by atoms with Gasteiger partial charge in [-0.25, -0.2) is 4.79 Å². The monoisotopic (exact) mass is 240 g/mol. The fraction of sp³-hybridized carbons (Fsp3) is 0.583. The smallest absolute Gasteiger partial charge is 0.317 e. The Morgan fingerprint density at radius 1 is 1.56 bits per heavy atom. The average molecular weight is 240 g/mol. The molecule has 1 rings (SSSR count). The van der Waals surface area contributed by atoms with Crippen molar-refractivity contribution in [2.75, 3.05) is 6.54 Å². The Morgan fingerprint density at radius 3 is 2.81 bits per heavy atom. The van der Waals surface area contributed by atoms with Crippen LogP contribution in [-0.4, -0.2) is 23.5 Å². The maximum atomic E-state index is 11.9. The predicted molar refractivity (Wildman–Crippen MR) is 68.7 cm³/mol. The number of amides is 2. The van der Waals surface area contributed by atoms with Gasteiger partial charge in [0.25, 0.3) is 0 Å². The lowest BCUT2D eigenvalue weighted by Gasteiger charge is -2.23. The Morgan fingerprint density at radius 2 is 2.31 bits per heavy atom. The van der Waals surface area contributed by atoms with Crippen molar-refractivity contribution in [2.45, 2.75) is 39.8 Å². The number of urea groups is 1. The highest BCUT2D eigenvalue weighted by Crippen LogP contribution is 2.10. The molecule has 0 unspecified atom stereocenters. The molecule has 90 valence electrons. The normalized spacial score (nSPS) is 10.5. The lowest BCUT2D eigenvalue weighted by molar-refractivity contribution is 0.192. The van der Waals surface area contributed by atoms with Gasteiger partial charge >= 0.3 is 6.03 Å². The predicted octanol–water partition coefficient (Wildman–Crippen LogP) is 3.08. The zero-order valence-electron chi connectivity index (χ0n) is 10.2. The Hall–Kier alpha value is -1.03. The average Bonchev–Trinajstić information content (AvgIpc) is 2.68. The zero-order chi connectivity index (χ0) is 12.0. The van der Waals surface area contributed by atoms with Gasteiger partial charge in [0.05, 0.1) is 0 Å². The van der Waals surface area contributed by atoms with Crippen molar-refractivity contribution in [1.29, 1.82) is 0 Å². The first kappa shape index (κ1) is 13.0. The summed E-state index contributed by atoms with van der Waals surface area (Å²) in [5.41, 5.74) is 1.21. The minimum atomic E-state index is 0.0306. The third kappa shape index (κ3) is 4.23. The molecule has 0 aliphatic rings. The van der Waals surface area contributed by atoms with Crippen molar-refractivity contribution in [3.63, 3.8) is 0 Å². The van der Waals surface area contributed by atoms with Crippen LogP contribution < -0.4 is 5.32 Å². The molecule has 1 N–H and O–H groups in total. The van der Waals surface area contributed by atoms with Crippen LogP contribution in [0.25, 0.3) is 0 Å². The summed E-state index contributed by atoms with van der Waals surface area (Å²) in [6.07, 6.45) is 0.982.